The minimum atomic E-state index is 0.138. The molecule has 0 bridgehead atoms. The summed E-state index contributed by atoms with van der Waals surface area (Å²) < 4.78 is 4.93. The van der Waals surface area contributed by atoms with E-state index in [0.717, 1.165) is 5.69 Å². The number of nitrogens with two attached hydrogens (primary N) is 1. The zero-order chi connectivity index (χ0) is 13.7. The molecule has 1 aromatic heterocycles. The summed E-state index contributed by atoms with van der Waals surface area (Å²) in [5, 5.41) is 11.7. The van der Waals surface area contributed by atoms with Crippen LogP contribution in [0.1, 0.15) is 5.56 Å². The SMILES string of the molecule is COc1nc(NN)nc(Nc2ccc(C#N)cc2)n1. The molecule has 0 amide bonds. The number of rotatable bonds is 4. The lowest BCUT2D eigenvalue weighted by Gasteiger charge is -2.07. The van der Waals surface area contributed by atoms with Crippen LogP contribution in [0.2, 0.25) is 0 Å². The molecule has 19 heavy (non-hydrogen) atoms. The van der Waals surface area contributed by atoms with Gasteiger partial charge in [-0.25, -0.2) is 5.84 Å². The first-order valence-corrected chi connectivity index (χ1v) is 5.29. The molecule has 0 aliphatic carbocycles. The van der Waals surface area contributed by atoms with E-state index in [9.17, 15) is 0 Å². The number of benzene rings is 1. The third kappa shape index (κ3) is 3.05. The van der Waals surface area contributed by atoms with Crippen LogP contribution in [0.5, 0.6) is 6.01 Å². The predicted octanol–water partition coefficient (Wildman–Crippen LogP) is 0.781. The van der Waals surface area contributed by atoms with Crippen LogP contribution >= 0.6 is 0 Å². The normalized spacial score (nSPS) is 9.53. The van der Waals surface area contributed by atoms with Gasteiger partial charge in [-0.2, -0.15) is 20.2 Å². The summed E-state index contributed by atoms with van der Waals surface area (Å²) in [6.45, 7) is 0. The third-order valence-corrected chi connectivity index (χ3v) is 2.20. The van der Waals surface area contributed by atoms with Gasteiger partial charge in [0.2, 0.25) is 11.9 Å². The van der Waals surface area contributed by atoms with Crippen molar-refractivity contribution in [2.75, 3.05) is 17.9 Å². The summed E-state index contributed by atoms with van der Waals surface area (Å²) in [6.07, 6.45) is 0. The van der Waals surface area contributed by atoms with Crippen molar-refractivity contribution >= 4 is 17.6 Å². The maximum absolute atomic E-state index is 8.71. The Hall–Kier alpha value is -2.92. The van der Waals surface area contributed by atoms with Crippen LogP contribution < -0.4 is 21.3 Å². The quantitative estimate of drug-likeness (QED) is 0.542. The van der Waals surface area contributed by atoms with E-state index in [0.29, 0.717) is 5.56 Å². The Labute approximate surface area is 109 Å². The number of methoxy groups -OCH3 is 1. The highest BCUT2D eigenvalue weighted by Crippen LogP contribution is 2.16. The number of anilines is 3. The highest BCUT2D eigenvalue weighted by molar-refractivity contribution is 5.55. The Bertz CT molecular complexity index is 583. The third-order valence-electron chi connectivity index (χ3n) is 2.20. The van der Waals surface area contributed by atoms with Gasteiger partial charge in [-0.15, -0.1) is 0 Å². The smallest absolute Gasteiger partial charge is 0.322 e. The van der Waals surface area contributed by atoms with Crippen LogP contribution in [-0.4, -0.2) is 22.1 Å². The molecule has 8 heteroatoms. The number of nitrogens with one attached hydrogen (secondary N) is 2. The second-order valence-electron chi connectivity index (χ2n) is 3.43. The molecule has 0 radical (unpaired) electrons. The summed E-state index contributed by atoms with van der Waals surface area (Å²) >= 11 is 0. The van der Waals surface area contributed by atoms with Gasteiger partial charge in [0.1, 0.15) is 0 Å². The highest BCUT2D eigenvalue weighted by atomic mass is 16.5. The van der Waals surface area contributed by atoms with Crippen LogP contribution in [0.15, 0.2) is 24.3 Å². The number of nitriles is 1. The Morgan fingerprint density at radius 2 is 1.84 bits per heavy atom. The van der Waals surface area contributed by atoms with Gasteiger partial charge in [0.05, 0.1) is 18.7 Å². The van der Waals surface area contributed by atoms with E-state index in [4.69, 9.17) is 15.8 Å². The van der Waals surface area contributed by atoms with Gasteiger partial charge in [-0.1, -0.05) is 0 Å². The summed E-state index contributed by atoms with van der Waals surface area (Å²) in [7, 11) is 1.45. The molecule has 1 heterocycles. The van der Waals surface area contributed by atoms with Crippen molar-refractivity contribution in [1.29, 1.82) is 5.26 Å². The number of nitrogen functional groups attached to an aromatic ring is 1. The van der Waals surface area contributed by atoms with Gasteiger partial charge < -0.3 is 10.1 Å². The first-order valence-electron chi connectivity index (χ1n) is 5.29. The molecular formula is C11H11N7O. The van der Waals surface area contributed by atoms with Gasteiger partial charge in [0.25, 0.3) is 0 Å². The van der Waals surface area contributed by atoms with Crippen molar-refractivity contribution in [3.05, 3.63) is 29.8 Å². The molecule has 96 valence electrons. The fourth-order valence-electron chi connectivity index (χ4n) is 1.33. The lowest BCUT2D eigenvalue weighted by molar-refractivity contribution is 0.379. The van der Waals surface area contributed by atoms with Gasteiger partial charge in [0.15, 0.2) is 0 Å². The van der Waals surface area contributed by atoms with Gasteiger partial charge >= 0.3 is 6.01 Å². The molecule has 1 aromatic carbocycles. The maximum atomic E-state index is 8.71. The Morgan fingerprint density at radius 3 is 2.42 bits per heavy atom. The minimum absolute atomic E-state index is 0.138. The van der Waals surface area contributed by atoms with Crippen molar-refractivity contribution in [2.24, 2.45) is 5.84 Å². The van der Waals surface area contributed by atoms with Crippen LogP contribution in [0, 0.1) is 11.3 Å². The second-order valence-corrected chi connectivity index (χ2v) is 3.43. The zero-order valence-electron chi connectivity index (χ0n) is 10.1. The van der Waals surface area contributed by atoms with Crippen LogP contribution in [0.25, 0.3) is 0 Å². The summed E-state index contributed by atoms with van der Waals surface area (Å²) in [4.78, 5) is 11.9. The Kier molecular flexibility index (Phi) is 3.70. The van der Waals surface area contributed by atoms with E-state index in [2.05, 4.69) is 25.7 Å². The van der Waals surface area contributed by atoms with E-state index in [-0.39, 0.29) is 17.9 Å². The van der Waals surface area contributed by atoms with Crippen molar-refractivity contribution < 1.29 is 4.74 Å². The van der Waals surface area contributed by atoms with E-state index in [1.165, 1.54) is 7.11 Å². The topological polar surface area (TPSA) is 122 Å². The van der Waals surface area contributed by atoms with E-state index in [1.54, 1.807) is 24.3 Å². The number of nitrogens with zero attached hydrogens (tertiary/aromatic N) is 4. The molecule has 8 nitrogen and oxygen atoms in total. The molecule has 0 unspecified atom stereocenters. The molecule has 0 aliphatic rings. The van der Waals surface area contributed by atoms with Crippen LogP contribution in [0.4, 0.5) is 17.6 Å². The number of hydrogen-bond donors (Lipinski definition) is 3. The van der Waals surface area contributed by atoms with Crippen LogP contribution in [-0.2, 0) is 0 Å². The lowest BCUT2D eigenvalue weighted by atomic mass is 10.2. The van der Waals surface area contributed by atoms with E-state index >= 15 is 0 Å². The molecule has 0 spiro atoms. The number of aromatic nitrogens is 3. The van der Waals surface area contributed by atoms with Crippen molar-refractivity contribution in [1.82, 2.24) is 15.0 Å². The van der Waals surface area contributed by atoms with E-state index < -0.39 is 0 Å². The van der Waals surface area contributed by atoms with Gasteiger partial charge in [-0.05, 0) is 24.3 Å². The summed E-state index contributed by atoms with van der Waals surface area (Å²) in [5.74, 6) is 5.72. The molecule has 2 aromatic rings. The Morgan fingerprint density at radius 1 is 1.16 bits per heavy atom. The summed E-state index contributed by atoms with van der Waals surface area (Å²) in [5.41, 5.74) is 3.62. The molecule has 0 atom stereocenters. The Balaban J connectivity index is 2.24. The van der Waals surface area contributed by atoms with Crippen molar-refractivity contribution in [2.45, 2.75) is 0 Å². The van der Waals surface area contributed by atoms with Crippen LogP contribution in [0.3, 0.4) is 0 Å². The average molecular weight is 257 g/mol. The fraction of sp³-hybridized carbons (Fsp3) is 0.0909. The van der Waals surface area contributed by atoms with Gasteiger partial charge in [-0.3, -0.25) is 5.43 Å². The standard InChI is InChI=1S/C11H11N7O/c1-19-11-16-9(15-10(17-11)18-13)14-8-4-2-7(6-12)3-5-8/h2-5H,13H2,1H3,(H2,14,15,16,17,18). The molecule has 4 N–H and O–H groups in total. The zero-order valence-corrected chi connectivity index (χ0v) is 10.1. The first-order chi connectivity index (χ1) is 9.25. The molecule has 0 aliphatic heterocycles. The van der Waals surface area contributed by atoms with E-state index in [1.807, 2.05) is 6.07 Å². The maximum Gasteiger partial charge on any atom is 0.322 e. The summed E-state index contributed by atoms with van der Waals surface area (Å²) in [6, 6.07) is 9.02. The van der Waals surface area contributed by atoms with Gasteiger partial charge in [0, 0.05) is 5.69 Å². The lowest BCUT2D eigenvalue weighted by Crippen LogP contribution is -2.13. The van der Waals surface area contributed by atoms with Crippen molar-refractivity contribution in [3.8, 4) is 12.1 Å². The number of ether oxygens (including phenoxy) is 1. The molecule has 2 rings (SSSR count). The predicted molar refractivity (Wildman–Crippen MR) is 68.6 cm³/mol. The fourth-order valence-corrected chi connectivity index (χ4v) is 1.33. The average Bonchev–Trinajstić information content (AvgIpc) is 2.47. The largest absolute Gasteiger partial charge is 0.467 e. The minimum Gasteiger partial charge on any atom is -0.467 e. The number of hydrogen-bond acceptors (Lipinski definition) is 8. The molecular weight excluding hydrogens is 246 g/mol. The molecule has 0 saturated carbocycles. The monoisotopic (exact) mass is 257 g/mol. The molecule has 0 saturated heterocycles. The second kappa shape index (κ2) is 5.61. The number of hydrazine groups is 1. The van der Waals surface area contributed by atoms with Crippen molar-refractivity contribution in [3.63, 3.8) is 0 Å². The first kappa shape index (κ1) is 12.5. The molecule has 0 fully saturated rings. The highest BCUT2D eigenvalue weighted by Gasteiger charge is 2.06.